The fourth-order valence-corrected chi connectivity index (χ4v) is 3.54. The second-order valence-electron chi connectivity index (χ2n) is 4.96. The van der Waals surface area contributed by atoms with Gasteiger partial charge in [0.1, 0.15) is 0 Å². The van der Waals surface area contributed by atoms with Crippen LogP contribution in [0.1, 0.15) is 33.6 Å². The lowest BCUT2D eigenvalue weighted by Gasteiger charge is -2.32. The van der Waals surface area contributed by atoms with Crippen LogP contribution in [0, 0.1) is 0 Å². The molecule has 1 rings (SSSR count). The van der Waals surface area contributed by atoms with Crippen LogP contribution in [0.5, 0.6) is 0 Å². The first-order valence-corrected chi connectivity index (χ1v) is 8.39. The summed E-state index contributed by atoms with van der Waals surface area (Å²) in [6.45, 7) is 6.49. The van der Waals surface area contributed by atoms with Gasteiger partial charge in [-0.3, -0.25) is 9.20 Å². The normalized spacial score (nSPS) is 26.1. The molecule has 16 heavy (non-hydrogen) atoms. The SMILES string of the molecule is CC(CCS(C)=O)N=C1NC(C)(C)CCS1. The van der Waals surface area contributed by atoms with E-state index >= 15 is 0 Å². The maximum absolute atomic E-state index is 11.0. The molecule has 0 aliphatic carbocycles. The predicted molar refractivity (Wildman–Crippen MR) is 74.7 cm³/mol. The van der Waals surface area contributed by atoms with Gasteiger partial charge in [-0.25, -0.2) is 0 Å². The number of nitrogens with one attached hydrogen (secondary N) is 1. The van der Waals surface area contributed by atoms with E-state index in [1.807, 2.05) is 0 Å². The molecule has 2 atom stereocenters. The van der Waals surface area contributed by atoms with Crippen LogP contribution in [0.4, 0.5) is 0 Å². The van der Waals surface area contributed by atoms with Crippen LogP contribution in [0.15, 0.2) is 4.99 Å². The number of hydrogen-bond acceptors (Lipinski definition) is 3. The Morgan fingerprint density at radius 2 is 2.31 bits per heavy atom. The Bertz CT molecular complexity index is 290. The van der Waals surface area contributed by atoms with Gasteiger partial charge in [-0.1, -0.05) is 11.8 Å². The number of amidine groups is 1. The van der Waals surface area contributed by atoms with Crippen LogP contribution in [-0.2, 0) is 10.8 Å². The smallest absolute Gasteiger partial charge is 0.157 e. The van der Waals surface area contributed by atoms with Crippen molar-refractivity contribution in [2.75, 3.05) is 17.8 Å². The topological polar surface area (TPSA) is 41.5 Å². The van der Waals surface area contributed by atoms with Crippen molar-refractivity contribution in [2.24, 2.45) is 4.99 Å². The molecular weight excluding hydrogens is 240 g/mol. The lowest BCUT2D eigenvalue weighted by atomic mass is 10.0. The molecule has 1 aliphatic heterocycles. The summed E-state index contributed by atoms with van der Waals surface area (Å²) in [5.74, 6) is 1.87. The van der Waals surface area contributed by atoms with Crippen LogP contribution in [0.3, 0.4) is 0 Å². The van der Waals surface area contributed by atoms with E-state index in [-0.39, 0.29) is 11.6 Å². The minimum Gasteiger partial charge on any atom is -0.360 e. The molecule has 0 aromatic carbocycles. The van der Waals surface area contributed by atoms with Crippen LogP contribution in [0.25, 0.3) is 0 Å². The van der Waals surface area contributed by atoms with Crippen molar-refractivity contribution in [1.29, 1.82) is 0 Å². The quantitative estimate of drug-likeness (QED) is 0.842. The zero-order valence-corrected chi connectivity index (χ0v) is 12.2. The van der Waals surface area contributed by atoms with Crippen molar-refractivity contribution in [3.8, 4) is 0 Å². The molecule has 2 unspecified atom stereocenters. The number of rotatable bonds is 4. The van der Waals surface area contributed by atoms with Crippen molar-refractivity contribution in [3.63, 3.8) is 0 Å². The molecule has 0 aromatic rings. The van der Waals surface area contributed by atoms with E-state index in [0.717, 1.165) is 23.1 Å². The first-order chi connectivity index (χ1) is 7.39. The summed E-state index contributed by atoms with van der Waals surface area (Å²) in [6, 6.07) is 0.257. The van der Waals surface area contributed by atoms with Gasteiger partial charge < -0.3 is 5.32 Å². The Labute approximate surface area is 105 Å². The van der Waals surface area contributed by atoms with E-state index < -0.39 is 10.8 Å². The average molecular weight is 262 g/mol. The maximum Gasteiger partial charge on any atom is 0.157 e. The van der Waals surface area contributed by atoms with Gasteiger partial charge in [0.05, 0.1) is 6.04 Å². The first kappa shape index (κ1) is 14.0. The highest BCUT2D eigenvalue weighted by Crippen LogP contribution is 2.22. The Kier molecular flexibility index (Phi) is 5.31. The van der Waals surface area contributed by atoms with E-state index in [1.54, 1.807) is 18.0 Å². The van der Waals surface area contributed by atoms with Crippen molar-refractivity contribution < 1.29 is 4.21 Å². The highest BCUT2D eigenvalue weighted by atomic mass is 32.2. The average Bonchev–Trinajstić information content (AvgIpc) is 2.13. The van der Waals surface area contributed by atoms with E-state index in [4.69, 9.17) is 0 Å². The van der Waals surface area contributed by atoms with Gasteiger partial charge >= 0.3 is 0 Å². The molecule has 5 heteroatoms. The third-order valence-electron chi connectivity index (χ3n) is 2.57. The maximum atomic E-state index is 11.0. The molecular formula is C11H22N2OS2. The molecule has 1 saturated heterocycles. The largest absolute Gasteiger partial charge is 0.360 e. The molecule has 3 nitrogen and oxygen atoms in total. The number of thioether (sulfide) groups is 1. The van der Waals surface area contributed by atoms with E-state index in [1.165, 1.54) is 6.42 Å². The first-order valence-electron chi connectivity index (χ1n) is 5.68. The minimum absolute atomic E-state index is 0.164. The third-order valence-corrected chi connectivity index (χ3v) is 4.27. The van der Waals surface area contributed by atoms with E-state index in [0.29, 0.717) is 0 Å². The van der Waals surface area contributed by atoms with Crippen molar-refractivity contribution in [1.82, 2.24) is 5.32 Å². The third kappa shape index (κ3) is 5.34. The molecule has 94 valence electrons. The molecule has 0 aromatic heterocycles. The number of nitrogens with zero attached hydrogens (tertiary/aromatic N) is 1. The van der Waals surface area contributed by atoms with Gasteiger partial charge in [-0.2, -0.15) is 0 Å². The van der Waals surface area contributed by atoms with E-state index in [2.05, 4.69) is 31.1 Å². The Morgan fingerprint density at radius 1 is 1.62 bits per heavy atom. The summed E-state index contributed by atoms with van der Waals surface area (Å²) in [5.41, 5.74) is 0.164. The molecule has 0 spiro atoms. The summed E-state index contributed by atoms with van der Waals surface area (Å²) in [4.78, 5) is 4.64. The number of aliphatic imine (C=N–C) groups is 1. The summed E-state index contributed by atoms with van der Waals surface area (Å²) < 4.78 is 11.0. The van der Waals surface area contributed by atoms with Crippen LogP contribution in [0.2, 0.25) is 0 Å². The van der Waals surface area contributed by atoms with Crippen molar-refractivity contribution in [3.05, 3.63) is 0 Å². The van der Waals surface area contributed by atoms with Gasteiger partial charge in [-0.15, -0.1) is 0 Å². The van der Waals surface area contributed by atoms with Crippen LogP contribution < -0.4 is 5.32 Å². The summed E-state index contributed by atoms with van der Waals surface area (Å²) >= 11 is 1.79. The van der Waals surface area contributed by atoms with Gasteiger partial charge in [0.15, 0.2) is 5.17 Å². The fraction of sp³-hybridized carbons (Fsp3) is 0.909. The van der Waals surface area contributed by atoms with Gasteiger partial charge in [-0.05, 0) is 33.6 Å². The highest BCUT2D eigenvalue weighted by molar-refractivity contribution is 8.13. The van der Waals surface area contributed by atoms with Gasteiger partial charge in [0, 0.05) is 34.1 Å². The summed E-state index contributed by atoms with van der Waals surface area (Å²) in [6.07, 6.45) is 3.82. The zero-order chi connectivity index (χ0) is 12.2. The lowest BCUT2D eigenvalue weighted by Crippen LogP contribution is -2.46. The Balaban J connectivity index is 2.45. The zero-order valence-electron chi connectivity index (χ0n) is 10.6. The molecule has 0 amide bonds. The second kappa shape index (κ2) is 6.05. The van der Waals surface area contributed by atoms with Crippen molar-refractivity contribution in [2.45, 2.75) is 45.2 Å². The van der Waals surface area contributed by atoms with Gasteiger partial charge in [0.25, 0.3) is 0 Å². The Hall–Kier alpha value is -0.0300. The van der Waals surface area contributed by atoms with E-state index in [9.17, 15) is 4.21 Å². The number of hydrogen-bond donors (Lipinski definition) is 1. The molecule has 1 heterocycles. The van der Waals surface area contributed by atoms with Crippen molar-refractivity contribution >= 4 is 27.7 Å². The van der Waals surface area contributed by atoms with Crippen LogP contribution in [-0.4, -0.2) is 38.7 Å². The molecule has 0 saturated carbocycles. The standard InChI is InChI=1S/C11H22N2OS2/c1-9(5-8-16(4)14)12-10-13-11(2,3)6-7-15-10/h9H,5-8H2,1-4H3,(H,12,13). The highest BCUT2D eigenvalue weighted by Gasteiger charge is 2.24. The summed E-state index contributed by atoms with van der Waals surface area (Å²) in [5, 5.41) is 4.50. The van der Waals surface area contributed by atoms with Gasteiger partial charge in [0.2, 0.25) is 0 Å². The fourth-order valence-electron chi connectivity index (χ4n) is 1.46. The molecule has 1 aliphatic rings. The lowest BCUT2D eigenvalue weighted by molar-refractivity contribution is 0.445. The molecule has 0 bridgehead atoms. The Morgan fingerprint density at radius 3 is 2.88 bits per heavy atom. The predicted octanol–water partition coefficient (Wildman–Crippen LogP) is 2.00. The van der Waals surface area contributed by atoms with Crippen LogP contribution >= 0.6 is 11.8 Å². The summed E-state index contributed by atoms with van der Waals surface area (Å²) in [7, 11) is -0.704. The monoisotopic (exact) mass is 262 g/mol. The second-order valence-corrected chi connectivity index (χ2v) is 7.59. The molecule has 1 N–H and O–H groups in total. The molecule has 0 radical (unpaired) electrons. The minimum atomic E-state index is -0.704. The molecule has 1 fully saturated rings.